The maximum Gasteiger partial charge on any atom is 0.0583 e. The van der Waals surface area contributed by atoms with E-state index in [0.29, 0.717) is 0 Å². The minimum Gasteiger partial charge on any atom is -0.395 e. The molecular formula is C5H13NO. The van der Waals surface area contributed by atoms with Crippen molar-refractivity contribution in [1.82, 2.24) is 4.90 Å². The van der Waals surface area contributed by atoms with Gasteiger partial charge in [0.1, 0.15) is 0 Å². The van der Waals surface area contributed by atoms with E-state index in [0.717, 1.165) is 0 Å². The van der Waals surface area contributed by atoms with Crippen molar-refractivity contribution in [2.75, 3.05) is 20.7 Å². The molecule has 0 aliphatic heterocycles. The molecule has 0 bridgehead atoms. The van der Waals surface area contributed by atoms with Crippen molar-refractivity contribution in [2.45, 2.75) is 13.0 Å². The highest BCUT2D eigenvalue weighted by Gasteiger charge is 1.98. The Labute approximate surface area is 47.6 Å². The van der Waals surface area contributed by atoms with Gasteiger partial charge in [0.2, 0.25) is 0 Å². The summed E-state index contributed by atoms with van der Waals surface area (Å²) >= 11 is 0. The zero-order valence-corrected chi connectivity index (χ0v) is 4.59. The summed E-state index contributed by atoms with van der Waals surface area (Å²) in [6.07, 6.45) is 0. The van der Waals surface area contributed by atoms with Gasteiger partial charge in [0.05, 0.1) is 6.61 Å². The van der Waals surface area contributed by atoms with Crippen LogP contribution in [-0.4, -0.2) is 36.7 Å². The second-order valence-corrected chi connectivity index (χ2v) is 1.62. The second kappa shape index (κ2) is 2.99. The fourth-order valence-corrected chi connectivity index (χ4v) is 0.115. The monoisotopic (exact) mass is 105 g/mol. The summed E-state index contributed by atoms with van der Waals surface area (Å²) in [5.41, 5.74) is 0. The molecule has 0 heterocycles. The molecule has 0 aromatic heterocycles. The lowest BCUT2D eigenvalue weighted by Gasteiger charge is -2.15. The first-order valence-corrected chi connectivity index (χ1v) is 2.19. The number of aliphatic hydroxyl groups is 1. The van der Waals surface area contributed by atoms with Crippen molar-refractivity contribution >= 4 is 0 Å². The average molecular weight is 105 g/mol. The lowest BCUT2D eigenvalue weighted by atomic mass is 10.3. The highest BCUT2D eigenvalue weighted by molar-refractivity contribution is 4.53. The molecule has 2 nitrogen and oxygen atoms in total. The first-order valence-electron chi connectivity index (χ1n) is 3.61. The number of hydrogen-bond donors (Lipinski definition) is 1. The van der Waals surface area contributed by atoms with Crippen molar-refractivity contribution in [2.24, 2.45) is 0 Å². The molecule has 7 heavy (non-hydrogen) atoms. The van der Waals surface area contributed by atoms with Gasteiger partial charge in [-0.3, -0.25) is 0 Å². The largest absolute Gasteiger partial charge is 0.395 e. The van der Waals surface area contributed by atoms with Gasteiger partial charge >= 0.3 is 0 Å². The van der Waals surface area contributed by atoms with Gasteiger partial charge in [-0.1, -0.05) is 0 Å². The standard InChI is InChI=1S/C5H13NO/c1-5(4-7)6(2)3/h5,7H,4H2,1-3H3/t5-/m0/s1/i2D,3D. The van der Waals surface area contributed by atoms with E-state index < -0.39 is 0 Å². The number of aliphatic hydroxyl groups excluding tert-OH is 1. The molecule has 0 rings (SSSR count). The Morgan fingerprint density at radius 3 is 2.57 bits per heavy atom. The molecule has 0 aliphatic carbocycles. The molecule has 0 saturated carbocycles. The van der Waals surface area contributed by atoms with Crippen LogP contribution >= 0.6 is 0 Å². The van der Waals surface area contributed by atoms with Gasteiger partial charge in [-0.25, -0.2) is 0 Å². The van der Waals surface area contributed by atoms with Gasteiger partial charge in [-0.05, 0) is 21.0 Å². The lowest BCUT2D eigenvalue weighted by Crippen LogP contribution is -2.27. The Morgan fingerprint density at radius 2 is 2.43 bits per heavy atom. The van der Waals surface area contributed by atoms with E-state index >= 15 is 0 Å². The topological polar surface area (TPSA) is 23.5 Å². The molecule has 44 valence electrons. The number of nitrogens with zero attached hydrogens (tertiary/aromatic N) is 1. The van der Waals surface area contributed by atoms with Crippen molar-refractivity contribution in [3.05, 3.63) is 0 Å². The quantitative estimate of drug-likeness (QED) is 0.531. The highest BCUT2D eigenvalue weighted by Crippen LogP contribution is 1.85. The SMILES string of the molecule is [2H]CN(C[2H])[C@@H](C)CO. The van der Waals surface area contributed by atoms with Crippen LogP contribution in [-0.2, 0) is 0 Å². The summed E-state index contributed by atoms with van der Waals surface area (Å²) in [6.45, 7) is 1.82. The summed E-state index contributed by atoms with van der Waals surface area (Å²) < 4.78 is 13.8. The summed E-state index contributed by atoms with van der Waals surface area (Å²) in [5, 5.41) is 8.56. The van der Waals surface area contributed by atoms with E-state index in [1.807, 2.05) is 0 Å². The van der Waals surface area contributed by atoms with E-state index in [4.69, 9.17) is 7.85 Å². The van der Waals surface area contributed by atoms with Gasteiger partial charge < -0.3 is 10.0 Å². The average Bonchev–Trinajstić information content (AvgIpc) is 1.90. The van der Waals surface area contributed by atoms with Crippen LogP contribution in [0.2, 0.25) is 0 Å². The zero-order valence-electron chi connectivity index (χ0n) is 6.59. The predicted octanol–water partition coefficient (Wildman–Crippen LogP) is -0.0712. The van der Waals surface area contributed by atoms with Gasteiger partial charge in [0.15, 0.2) is 0 Å². The Morgan fingerprint density at radius 1 is 1.86 bits per heavy atom. The van der Waals surface area contributed by atoms with E-state index in [1.54, 1.807) is 11.8 Å². The van der Waals surface area contributed by atoms with Crippen LogP contribution in [0.1, 0.15) is 9.67 Å². The maximum absolute atomic E-state index is 8.56. The van der Waals surface area contributed by atoms with E-state index in [1.165, 1.54) is 0 Å². The van der Waals surface area contributed by atoms with Crippen LogP contribution in [0.3, 0.4) is 0 Å². The fraction of sp³-hybridized carbons (Fsp3) is 1.00. The smallest absolute Gasteiger partial charge is 0.0583 e. The Hall–Kier alpha value is -0.0800. The van der Waals surface area contributed by atoms with E-state index in [2.05, 4.69) is 0 Å². The third-order valence-corrected chi connectivity index (χ3v) is 0.888. The third-order valence-electron chi connectivity index (χ3n) is 0.888. The Bertz CT molecular complexity index is 68.0. The lowest BCUT2D eigenvalue weighted by molar-refractivity contribution is 0.182. The van der Waals surface area contributed by atoms with Crippen LogP contribution < -0.4 is 0 Å². The second-order valence-electron chi connectivity index (χ2n) is 1.62. The molecule has 0 unspecified atom stereocenters. The van der Waals surface area contributed by atoms with E-state index in [-0.39, 0.29) is 26.7 Å². The molecule has 0 saturated heterocycles. The molecule has 2 heteroatoms. The maximum atomic E-state index is 8.56. The molecule has 0 aromatic carbocycles. The van der Waals surface area contributed by atoms with Crippen LogP contribution in [0.15, 0.2) is 0 Å². The Kier molecular flexibility index (Phi) is 1.65. The van der Waals surface area contributed by atoms with Crippen molar-refractivity contribution in [3.63, 3.8) is 0 Å². The first kappa shape index (κ1) is 3.87. The van der Waals surface area contributed by atoms with E-state index in [9.17, 15) is 0 Å². The summed E-state index contributed by atoms with van der Waals surface area (Å²) in [6, 6.07) is -0.0556. The van der Waals surface area contributed by atoms with Gasteiger partial charge in [-0.2, -0.15) is 0 Å². The molecular weight excluding hydrogens is 90.1 g/mol. The molecule has 0 amide bonds. The molecule has 0 aromatic rings. The van der Waals surface area contributed by atoms with Crippen molar-refractivity contribution in [1.29, 1.82) is 0 Å². The van der Waals surface area contributed by atoms with Crippen LogP contribution in [0.4, 0.5) is 0 Å². The summed E-state index contributed by atoms with van der Waals surface area (Å²) in [4.78, 5) is 1.56. The predicted molar refractivity (Wildman–Crippen MR) is 30.2 cm³/mol. The molecule has 0 spiro atoms. The molecule has 1 N–H and O–H groups in total. The molecule has 0 radical (unpaired) electrons. The third kappa shape index (κ3) is 2.60. The van der Waals surface area contributed by atoms with Crippen LogP contribution in [0, 0.1) is 0 Å². The van der Waals surface area contributed by atoms with Crippen LogP contribution in [0.5, 0.6) is 0 Å². The zero-order chi connectivity index (χ0) is 7.28. The van der Waals surface area contributed by atoms with Crippen molar-refractivity contribution < 1.29 is 7.85 Å². The summed E-state index contributed by atoms with van der Waals surface area (Å²) in [5.74, 6) is 0. The molecule has 1 atom stereocenters. The fourth-order valence-electron chi connectivity index (χ4n) is 0.115. The molecule has 0 fully saturated rings. The van der Waals surface area contributed by atoms with Gasteiger partial charge in [0, 0.05) is 8.78 Å². The highest BCUT2D eigenvalue weighted by atomic mass is 16.3. The molecule has 0 aliphatic rings. The Balaban J connectivity index is 3.50. The number of hydrogen-bond acceptors (Lipinski definition) is 2. The number of likely N-dealkylation sites (N-methyl/N-ethyl adjacent to an activating group) is 1. The van der Waals surface area contributed by atoms with Crippen LogP contribution in [0.25, 0.3) is 0 Å². The first-order chi connectivity index (χ1) is 4.26. The normalized spacial score (nSPS) is 18.7. The summed E-state index contributed by atoms with van der Waals surface area (Å²) in [7, 11) is 0.177. The van der Waals surface area contributed by atoms with Gasteiger partial charge in [0.25, 0.3) is 0 Å². The van der Waals surface area contributed by atoms with Gasteiger partial charge in [-0.15, -0.1) is 0 Å². The minimum atomic E-state index is -0.0556. The van der Waals surface area contributed by atoms with Crippen molar-refractivity contribution in [3.8, 4) is 0 Å². The minimum absolute atomic E-state index is 0.0256. The number of rotatable bonds is 2.